The van der Waals surface area contributed by atoms with Crippen molar-refractivity contribution in [2.24, 2.45) is 11.7 Å². The normalized spacial score (nSPS) is 24.4. The number of methoxy groups -OCH3 is 1. The monoisotopic (exact) mass is 286 g/mol. The summed E-state index contributed by atoms with van der Waals surface area (Å²) in [5.41, 5.74) is 5.86. The van der Waals surface area contributed by atoms with E-state index in [9.17, 15) is 4.79 Å². The molecule has 3 N–H and O–H groups in total. The smallest absolute Gasteiger partial charge is 0.220 e. The van der Waals surface area contributed by atoms with E-state index in [1.807, 2.05) is 6.92 Å². The Bertz CT molecular complexity index is 266. The van der Waals surface area contributed by atoms with Gasteiger partial charge in [0.05, 0.1) is 6.10 Å². The highest BCUT2D eigenvalue weighted by atomic mass is 16.5. The molecule has 0 spiro atoms. The Balaban J connectivity index is 1.95. The van der Waals surface area contributed by atoms with Crippen molar-refractivity contribution in [2.75, 3.05) is 26.9 Å². The summed E-state index contributed by atoms with van der Waals surface area (Å²) in [7, 11) is 1.66. The molecule has 0 aromatic rings. The van der Waals surface area contributed by atoms with Gasteiger partial charge in [-0.1, -0.05) is 6.92 Å². The molecule has 0 radical (unpaired) electrons. The Labute approximate surface area is 122 Å². The van der Waals surface area contributed by atoms with Crippen LogP contribution in [-0.4, -0.2) is 44.9 Å². The Hall–Kier alpha value is -0.650. The maximum absolute atomic E-state index is 11.6. The Morgan fingerprint density at radius 3 is 2.70 bits per heavy atom. The molecule has 1 atom stereocenters. The number of amides is 1. The number of hydrogen-bond acceptors (Lipinski definition) is 4. The topological polar surface area (TPSA) is 73.6 Å². The fraction of sp³-hybridized carbons (Fsp3) is 0.933. The molecule has 1 fully saturated rings. The summed E-state index contributed by atoms with van der Waals surface area (Å²) in [6.45, 7) is 4.04. The molecule has 0 aromatic carbocycles. The first-order chi connectivity index (χ1) is 9.61. The van der Waals surface area contributed by atoms with E-state index in [1.54, 1.807) is 7.11 Å². The molecular formula is C15H30N2O3. The Kier molecular flexibility index (Phi) is 8.82. The van der Waals surface area contributed by atoms with Gasteiger partial charge in [0.25, 0.3) is 0 Å². The number of ether oxygens (including phenoxy) is 2. The van der Waals surface area contributed by atoms with Gasteiger partial charge in [-0.2, -0.15) is 0 Å². The van der Waals surface area contributed by atoms with Gasteiger partial charge >= 0.3 is 0 Å². The number of nitrogens with one attached hydrogen (secondary N) is 1. The molecular weight excluding hydrogens is 256 g/mol. The molecule has 118 valence electrons. The third-order valence-corrected chi connectivity index (χ3v) is 3.70. The average molecular weight is 286 g/mol. The maximum Gasteiger partial charge on any atom is 0.220 e. The number of rotatable bonds is 9. The van der Waals surface area contributed by atoms with Crippen LogP contribution < -0.4 is 11.1 Å². The van der Waals surface area contributed by atoms with E-state index in [0.29, 0.717) is 38.3 Å². The molecule has 1 saturated carbocycles. The van der Waals surface area contributed by atoms with Gasteiger partial charge in [-0.15, -0.1) is 0 Å². The summed E-state index contributed by atoms with van der Waals surface area (Å²) in [6.07, 6.45) is 6.04. The van der Waals surface area contributed by atoms with Gasteiger partial charge in [0.1, 0.15) is 0 Å². The zero-order chi connectivity index (χ0) is 14.8. The summed E-state index contributed by atoms with van der Waals surface area (Å²) in [6, 6.07) is 0.364. The van der Waals surface area contributed by atoms with Gasteiger partial charge in [-0.3, -0.25) is 4.79 Å². The molecule has 5 heteroatoms. The van der Waals surface area contributed by atoms with Crippen molar-refractivity contribution in [3.05, 3.63) is 0 Å². The zero-order valence-corrected chi connectivity index (χ0v) is 12.9. The highest BCUT2D eigenvalue weighted by Gasteiger charge is 2.18. The standard InChI is InChI=1S/C15H30N2O3/c1-12(11-19-2)10-15(18)17-8-3-9-20-14-6-4-13(16)5-7-14/h12-14H,3-11,16H2,1-2H3,(H,17,18). The zero-order valence-electron chi connectivity index (χ0n) is 12.9. The third-order valence-electron chi connectivity index (χ3n) is 3.70. The van der Waals surface area contributed by atoms with Gasteiger partial charge in [-0.25, -0.2) is 0 Å². The number of hydrogen-bond donors (Lipinski definition) is 2. The summed E-state index contributed by atoms with van der Waals surface area (Å²) in [5.74, 6) is 0.362. The van der Waals surface area contributed by atoms with Crippen LogP contribution in [0.1, 0.15) is 45.4 Å². The van der Waals surface area contributed by atoms with Gasteiger partial charge in [-0.05, 0) is 38.0 Å². The number of nitrogens with two attached hydrogens (primary N) is 1. The van der Waals surface area contributed by atoms with Crippen molar-refractivity contribution < 1.29 is 14.3 Å². The molecule has 0 bridgehead atoms. The second kappa shape index (κ2) is 10.1. The summed E-state index contributed by atoms with van der Waals surface area (Å²) in [5, 5.41) is 2.92. The fourth-order valence-corrected chi connectivity index (χ4v) is 2.54. The highest BCUT2D eigenvalue weighted by molar-refractivity contribution is 5.76. The van der Waals surface area contributed by atoms with E-state index >= 15 is 0 Å². The fourth-order valence-electron chi connectivity index (χ4n) is 2.54. The van der Waals surface area contributed by atoms with Crippen LogP contribution in [0.4, 0.5) is 0 Å². The number of carbonyl (C=O) groups excluding carboxylic acids is 1. The third kappa shape index (κ3) is 7.82. The minimum Gasteiger partial charge on any atom is -0.384 e. The molecule has 5 nitrogen and oxygen atoms in total. The van der Waals surface area contributed by atoms with Crippen LogP contribution in [0.5, 0.6) is 0 Å². The first kappa shape index (κ1) is 17.4. The molecule has 1 unspecified atom stereocenters. The first-order valence-corrected chi connectivity index (χ1v) is 7.74. The van der Waals surface area contributed by atoms with Crippen molar-refractivity contribution in [1.82, 2.24) is 5.32 Å². The highest BCUT2D eigenvalue weighted by Crippen LogP contribution is 2.19. The van der Waals surface area contributed by atoms with Crippen LogP contribution in [0.3, 0.4) is 0 Å². The summed E-state index contributed by atoms with van der Waals surface area (Å²) >= 11 is 0. The molecule has 0 aliphatic heterocycles. The Morgan fingerprint density at radius 2 is 2.05 bits per heavy atom. The van der Waals surface area contributed by atoms with E-state index in [1.165, 1.54) is 0 Å². The lowest BCUT2D eigenvalue weighted by molar-refractivity contribution is -0.122. The average Bonchev–Trinajstić information content (AvgIpc) is 2.40. The van der Waals surface area contributed by atoms with E-state index in [4.69, 9.17) is 15.2 Å². The minimum atomic E-state index is 0.0955. The van der Waals surface area contributed by atoms with Crippen LogP contribution in [0.25, 0.3) is 0 Å². The largest absolute Gasteiger partial charge is 0.384 e. The van der Waals surface area contributed by atoms with Crippen LogP contribution in [-0.2, 0) is 14.3 Å². The van der Waals surface area contributed by atoms with E-state index in [0.717, 1.165) is 32.1 Å². The predicted molar refractivity (Wildman–Crippen MR) is 79.5 cm³/mol. The Morgan fingerprint density at radius 1 is 1.35 bits per heavy atom. The van der Waals surface area contributed by atoms with Crippen LogP contribution in [0.2, 0.25) is 0 Å². The van der Waals surface area contributed by atoms with Crippen molar-refractivity contribution in [2.45, 2.75) is 57.6 Å². The van der Waals surface area contributed by atoms with E-state index in [2.05, 4.69) is 5.32 Å². The van der Waals surface area contributed by atoms with E-state index in [-0.39, 0.29) is 11.8 Å². The number of carbonyl (C=O) groups is 1. The van der Waals surface area contributed by atoms with Gasteiger partial charge in [0, 0.05) is 39.3 Å². The lowest BCUT2D eigenvalue weighted by atomic mass is 9.94. The van der Waals surface area contributed by atoms with Crippen molar-refractivity contribution >= 4 is 5.91 Å². The lowest BCUT2D eigenvalue weighted by Crippen LogP contribution is -2.31. The molecule has 1 amide bonds. The van der Waals surface area contributed by atoms with E-state index < -0.39 is 0 Å². The molecule has 1 rings (SSSR count). The molecule has 0 heterocycles. The maximum atomic E-state index is 11.6. The van der Waals surface area contributed by atoms with Crippen LogP contribution >= 0.6 is 0 Å². The van der Waals surface area contributed by atoms with Crippen molar-refractivity contribution in [3.8, 4) is 0 Å². The predicted octanol–water partition coefficient (Wildman–Crippen LogP) is 1.45. The first-order valence-electron chi connectivity index (χ1n) is 7.74. The van der Waals surface area contributed by atoms with Crippen molar-refractivity contribution in [3.63, 3.8) is 0 Å². The molecule has 1 aliphatic rings. The van der Waals surface area contributed by atoms with Crippen LogP contribution in [0, 0.1) is 5.92 Å². The minimum absolute atomic E-state index is 0.0955. The van der Waals surface area contributed by atoms with Crippen molar-refractivity contribution in [1.29, 1.82) is 0 Å². The SMILES string of the molecule is COCC(C)CC(=O)NCCCOC1CCC(N)CC1. The second-order valence-corrected chi connectivity index (χ2v) is 5.88. The van der Waals surface area contributed by atoms with Gasteiger partial charge < -0.3 is 20.5 Å². The molecule has 20 heavy (non-hydrogen) atoms. The second-order valence-electron chi connectivity index (χ2n) is 5.88. The summed E-state index contributed by atoms with van der Waals surface area (Å²) in [4.78, 5) is 11.6. The van der Waals surface area contributed by atoms with Crippen LogP contribution in [0.15, 0.2) is 0 Å². The van der Waals surface area contributed by atoms with Gasteiger partial charge in [0.15, 0.2) is 0 Å². The lowest BCUT2D eigenvalue weighted by Gasteiger charge is -2.26. The quantitative estimate of drug-likeness (QED) is 0.629. The molecule has 0 saturated heterocycles. The molecule has 0 aromatic heterocycles. The summed E-state index contributed by atoms with van der Waals surface area (Å²) < 4.78 is 10.8. The van der Waals surface area contributed by atoms with Gasteiger partial charge in [0.2, 0.25) is 5.91 Å². The molecule has 1 aliphatic carbocycles.